The molecular formula is C24H28ClF3N4O5S. The molecule has 0 saturated carbocycles. The molecule has 1 fully saturated rings. The summed E-state index contributed by atoms with van der Waals surface area (Å²) in [5.41, 5.74) is 4.51. The molecular weight excluding hydrogens is 549 g/mol. The molecule has 2 aromatic carbocycles. The Hall–Kier alpha value is -3.03. The molecule has 0 radical (unpaired) electrons. The van der Waals surface area contributed by atoms with Gasteiger partial charge in [0.05, 0.1) is 21.8 Å². The maximum atomic E-state index is 14.0. The Morgan fingerprint density at radius 1 is 1.18 bits per heavy atom. The monoisotopic (exact) mass is 576 g/mol. The van der Waals surface area contributed by atoms with E-state index in [0.717, 1.165) is 6.07 Å². The molecule has 0 bridgehead atoms. The fraction of sp³-hybridized carbons (Fsp3) is 0.417. The maximum absolute atomic E-state index is 14.0. The third-order valence-electron chi connectivity index (χ3n) is 6.31. The van der Waals surface area contributed by atoms with Crippen LogP contribution in [0, 0.1) is 5.92 Å². The maximum Gasteiger partial charge on any atom is 0.416 e. The number of carbonyl (C=O) groups excluding carboxylic acids is 1. The minimum absolute atomic E-state index is 0.0317. The Balaban J connectivity index is 1.81. The number of hydrogen-bond acceptors (Lipinski definition) is 6. The first-order valence-corrected chi connectivity index (χ1v) is 13.7. The fourth-order valence-electron chi connectivity index (χ4n) is 4.37. The standard InChI is InChI=1S/C24H28ClF3N4O5S/c1-2-38(36,37)21-4-3-17(25)7-15(21)11-30-22(33)18-9-19(24(26,27)28)16(8-20(18)29)13-32-6-5-14(12-32)10-31-23(34)35/h3-4,7-9,14,31H,2,5-6,10-13,29H2,1H3,(H,30,33)(H,34,35)/t14-/m1/s1. The molecule has 1 aliphatic rings. The minimum Gasteiger partial charge on any atom is -0.465 e. The Bertz CT molecular complexity index is 1320. The van der Waals surface area contributed by atoms with E-state index < -0.39 is 39.1 Å². The highest BCUT2D eigenvalue weighted by Crippen LogP contribution is 2.36. The van der Waals surface area contributed by atoms with E-state index in [2.05, 4.69) is 10.6 Å². The van der Waals surface area contributed by atoms with Crippen molar-refractivity contribution in [2.75, 3.05) is 31.1 Å². The average molecular weight is 577 g/mol. The van der Waals surface area contributed by atoms with Crippen LogP contribution in [0.5, 0.6) is 0 Å². The summed E-state index contributed by atoms with van der Waals surface area (Å²) < 4.78 is 66.6. The molecule has 5 N–H and O–H groups in total. The number of halogens is 4. The quantitative estimate of drug-likeness (QED) is 0.333. The van der Waals surface area contributed by atoms with Crippen molar-refractivity contribution < 1.29 is 36.3 Å². The van der Waals surface area contributed by atoms with Crippen LogP contribution in [0.1, 0.15) is 40.4 Å². The predicted octanol–water partition coefficient (Wildman–Crippen LogP) is 3.75. The highest BCUT2D eigenvalue weighted by atomic mass is 35.5. The zero-order valence-corrected chi connectivity index (χ0v) is 22.0. The third-order valence-corrected chi connectivity index (χ3v) is 8.37. The predicted molar refractivity (Wildman–Crippen MR) is 136 cm³/mol. The van der Waals surface area contributed by atoms with Gasteiger partial charge in [0.15, 0.2) is 9.84 Å². The van der Waals surface area contributed by atoms with Crippen LogP contribution in [0.25, 0.3) is 0 Å². The molecule has 2 amide bonds. The van der Waals surface area contributed by atoms with Gasteiger partial charge in [-0.05, 0) is 60.3 Å². The van der Waals surface area contributed by atoms with Gasteiger partial charge in [-0.2, -0.15) is 13.2 Å². The SMILES string of the molecule is CCS(=O)(=O)c1ccc(Cl)cc1CNC(=O)c1cc(C(F)(F)F)c(CN2CC[C@H](CNC(=O)O)C2)cc1N. The number of hydrogen-bond donors (Lipinski definition) is 4. The minimum atomic E-state index is -4.77. The number of carboxylic acid groups (broad SMARTS) is 1. The molecule has 0 aromatic heterocycles. The van der Waals surface area contributed by atoms with Crippen molar-refractivity contribution in [1.29, 1.82) is 0 Å². The van der Waals surface area contributed by atoms with Crippen molar-refractivity contribution in [1.82, 2.24) is 15.5 Å². The van der Waals surface area contributed by atoms with Crippen LogP contribution in [0.2, 0.25) is 5.02 Å². The summed E-state index contributed by atoms with van der Waals surface area (Å²) in [7, 11) is -3.64. The van der Waals surface area contributed by atoms with Crippen molar-refractivity contribution in [3.63, 3.8) is 0 Å². The number of amides is 2. The van der Waals surface area contributed by atoms with Gasteiger partial charge in [-0.15, -0.1) is 0 Å². The third kappa shape index (κ3) is 7.29. The molecule has 208 valence electrons. The van der Waals surface area contributed by atoms with Gasteiger partial charge in [0.1, 0.15) is 0 Å². The van der Waals surface area contributed by atoms with Gasteiger partial charge in [-0.25, -0.2) is 13.2 Å². The van der Waals surface area contributed by atoms with Crippen LogP contribution in [-0.2, 0) is 29.1 Å². The molecule has 14 heteroatoms. The Morgan fingerprint density at radius 3 is 2.53 bits per heavy atom. The van der Waals surface area contributed by atoms with Gasteiger partial charge in [0.2, 0.25) is 0 Å². The second kappa shape index (κ2) is 11.8. The van der Waals surface area contributed by atoms with Gasteiger partial charge >= 0.3 is 12.3 Å². The molecule has 38 heavy (non-hydrogen) atoms. The van der Waals surface area contributed by atoms with E-state index in [0.29, 0.717) is 25.6 Å². The molecule has 1 heterocycles. The first kappa shape index (κ1) is 29.5. The lowest BCUT2D eigenvalue weighted by atomic mass is 10.00. The number of rotatable bonds is 9. The molecule has 0 aliphatic carbocycles. The zero-order valence-electron chi connectivity index (χ0n) is 20.4. The summed E-state index contributed by atoms with van der Waals surface area (Å²) in [4.78, 5) is 25.3. The van der Waals surface area contributed by atoms with E-state index in [9.17, 15) is 31.2 Å². The van der Waals surface area contributed by atoms with Gasteiger partial charge < -0.3 is 21.5 Å². The first-order chi connectivity index (χ1) is 17.7. The number of nitrogens with zero attached hydrogens (tertiary/aromatic N) is 1. The van der Waals surface area contributed by atoms with Crippen LogP contribution < -0.4 is 16.4 Å². The summed E-state index contributed by atoms with van der Waals surface area (Å²) in [5.74, 6) is -1.12. The number of anilines is 1. The Kier molecular flexibility index (Phi) is 9.16. The smallest absolute Gasteiger partial charge is 0.416 e. The lowest BCUT2D eigenvalue weighted by Crippen LogP contribution is -2.30. The second-order valence-electron chi connectivity index (χ2n) is 9.01. The van der Waals surface area contributed by atoms with Crippen LogP contribution in [0.15, 0.2) is 35.2 Å². The van der Waals surface area contributed by atoms with Crippen molar-refractivity contribution in [3.8, 4) is 0 Å². The lowest BCUT2D eigenvalue weighted by molar-refractivity contribution is -0.138. The van der Waals surface area contributed by atoms with Crippen molar-refractivity contribution in [2.24, 2.45) is 5.92 Å². The van der Waals surface area contributed by atoms with Gasteiger partial charge in [0.25, 0.3) is 5.91 Å². The van der Waals surface area contributed by atoms with Crippen LogP contribution in [-0.4, -0.2) is 55.8 Å². The largest absolute Gasteiger partial charge is 0.465 e. The van der Waals surface area contributed by atoms with Gasteiger partial charge in [0, 0.05) is 36.9 Å². The van der Waals surface area contributed by atoms with Crippen LogP contribution in [0.3, 0.4) is 0 Å². The lowest BCUT2D eigenvalue weighted by Gasteiger charge is -2.21. The normalized spacial score (nSPS) is 16.4. The number of benzene rings is 2. The second-order valence-corrected chi connectivity index (χ2v) is 11.7. The van der Waals surface area contributed by atoms with E-state index in [4.69, 9.17) is 22.4 Å². The number of nitrogens with one attached hydrogen (secondary N) is 2. The molecule has 9 nitrogen and oxygen atoms in total. The highest BCUT2D eigenvalue weighted by molar-refractivity contribution is 7.91. The van der Waals surface area contributed by atoms with Crippen molar-refractivity contribution >= 4 is 39.1 Å². The van der Waals surface area contributed by atoms with E-state index in [1.54, 1.807) is 4.90 Å². The number of carbonyl (C=O) groups is 2. The van der Waals surface area contributed by atoms with Crippen molar-refractivity contribution in [2.45, 2.75) is 37.5 Å². The highest BCUT2D eigenvalue weighted by Gasteiger charge is 2.36. The Morgan fingerprint density at radius 2 is 1.89 bits per heavy atom. The molecule has 0 unspecified atom stereocenters. The summed E-state index contributed by atoms with van der Waals surface area (Å²) in [6.45, 7) is 2.17. The summed E-state index contributed by atoms with van der Waals surface area (Å²) in [5, 5.41) is 13.7. The molecule has 1 saturated heterocycles. The zero-order chi connectivity index (χ0) is 28.3. The van der Waals surface area contributed by atoms with Gasteiger partial charge in [-0.3, -0.25) is 9.69 Å². The summed E-state index contributed by atoms with van der Waals surface area (Å²) >= 11 is 5.98. The van der Waals surface area contributed by atoms with E-state index in [-0.39, 0.29) is 58.0 Å². The van der Waals surface area contributed by atoms with E-state index >= 15 is 0 Å². The average Bonchev–Trinajstić information content (AvgIpc) is 3.27. The van der Waals surface area contributed by atoms with E-state index in [1.807, 2.05) is 0 Å². The number of likely N-dealkylation sites (tertiary alicyclic amines) is 1. The summed E-state index contributed by atoms with van der Waals surface area (Å²) in [6, 6.07) is 5.89. The number of nitrogens with two attached hydrogens (primary N) is 1. The molecule has 2 aromatic rings. The molecule has 3 rings (SSSR count). The Labute approximate surface area is 223 Å². The summed E-state index contributed by atoms with van der Waals surface area (Å²) in [6.07, 6.45) is -5.31. The van der Waals surface area contributed by atoms with E-state index in [1.165, 1.54) is 25.1 Å². The number of nitrogen functional groups attached to an aromatic ring is 1. The molecule has 0 spiro atoms. The first-order valence-electron chi connectivity index (χ1n) is 11.7. The van der Waals surface area contributed by atoms with Crippen LogP contribution >= 0.6 is 11.6 Å². The number of alkyl halides is 3. The topological polar surface area (TPSA) is 142 Å². The fourth-order valence-corrected chi connectivity index (χ4v) is 5.68. The number of sulfone groups is 1. The molecule has 1 aliphatic heterocycles. The van der Waals surface area contributed by atoms with Crippen molar-refractivity contribution in [3.05, 3.63) is 57.6 Å². The van der Waals surface area contributed by atoms with Crippen LogP contribution in [0.4, 0.5) is 23.7 Å². The van der Waals surface area contributed by atoms with Gasteiger partial charge in [-0.1, -0.05) is 18.5 Å². The molecule has 1 atom stereocenters.